The third kappa shape index (κ3) is 6.02. The molecule has 0 atom stereocenters. The fourth-order valence-electron chi connectivity index (χ4n) is 2.67. The first-order valence-electron chi connectivity index (χ1n) is 8.48. The minimum absolute atomic E-state index is 0. The van der Waals surface area contributed by atoms with Crippen LogP contribution in [0.25, 0.3) is 0 Å². The summed E-state index contributed by atoms with van der Waals surface area (Å²) in [5.41, 5.74) is 5.88. The number of nitrogens with one attached hydrogen (secondary N) is 3. The van der Waals surface area contributed by atoms with E-state index < -0.39 is 11.7 Å². The Morgan fingerprint density at radius 3 is 2.62 bits per heavy atom. The lowest BCUT2D eigenvalue weighted by atomic mass is 10.1. The Bertz CT molecular complexity index is 898. The molecule has 158 valence electrons. The maximum absolute atomic E-state index is 13.4. The molecule has 1 aliphatic rings. The molecule has 5 N–H and O–H groups in total. The molecule has 0 spiro atoms. The van der Waals surface area contributed by atoms with Crippen molar-refractivity contribution in [2.24, 2.45) is 5.73 Å². The molecule has 1 heterocycles. The number of rotatable bonds is 6. The van der Waals surface area contributed by atoms with Crippen LogP contribution in [-0.2, 0) is 11.0 Å². The lowest BCUT2D eigenvalue weighted by molar-refractivity contribution is -0.137. The molecule has 3 rings (SSSR count). The molecule has 1 aliphatic heterocycles. The van der Waals surface area contributed by atoms with Crippen LogP contribution in [0, 0.1) is 0 Å². The van der Waals surface area contributed by atoms with Gasteiger partial charge in [0.1, 0.15) is 0 Å². The first-order valence-corrected chi connectivity index (χ1v) is 10.1. The predicted octanol–water partition coefficient (Wildman–Crippen LogP) is 4.97. The van der Waals surface area contributed by atoms with Crippen LogP contribution >= 0.6 is 40.1 Å². The molecular weight excluding hydrogens is 493 g/mol. The smallest absolute Gasteiger partial charge is 0.352 e. The van der Waals surface area contributed by atoms with Gasteiger partial charge in [-0.2, -0.15) is 13.2 Å². The highest BCUT2D eigenvalue weighted by Gasteiger charge is 2.33. The fraction of sp³-hybridized carbons (Fsp3) is 0.278. The zero-order valence-corrected chi connectivity index (χ0v) is 18.2. The van der Waals surface area contributed by atoms with Gasteiger partial charge in [-0.1, -0.05) is 27.7 Å². The number of alkyl halides is 3. The van der Waals surface area contributed by atoms with Crippen molar-refractivity contribution in [1.82, 2.24) is 5.32 Å². The molecule has 5 nitrogen and oxygen atoms in total. The Morgan fingerprint density at radius 1 is 1.17 bits per heavy atom. The summed E-state index contributed by atoms with van der Waals surface area (Å²) in [6.45, 7) is 1.40. The van der Waals surface area contributed by atoms with Gasteiger partial charge in [0.05, 0.1) is 22.6 Å². The van der Waals surface area contributed by atoms with Crippen LogP contribution < -0.4 is 21.7 Å². The maximum atomic E-state index is 13.4. The topological polar surface area (TPSA) is 79.2 Å². The van der Waals surface area contributed by atoms with E-state index in [1.807, 2.05) is 18.2 Å². The summed E-state index contributed by atoms with van der Waals surface area (Å²) in [7, 11) is 0. The summed E-state index contributed by atoms with van der Waals surface area (Å²) in [4.78, 5) is 13.4. The quantitative estimate of drug-likeness (QED) is 0.351. The van der Waals surface area contributed by atoms with E-state index in [1.54, 1.807) is 0 Å². The third-order valence-electron chi connectivity index (χ3n) is 3.98. The van der Waals surface area contributed by atoms with E-state index in [4.69, 9.17) is 5.73 Å². The van der Waals surface area contributed by atoms with Gasteiger partial charge in [0.15, 0.2) is 0 Å². The average Bonchev–Trinajstić information content (AvgIpc) is 2.63. The molecule has 0 saturated carbocycles. The van der Waals surface area contributed by atoms with Crippen molar-refractivity contribution in [3.8, 4) is 0 Å². The van der Waals surface area contributed by atoms with Gasteiger partial charge in [-0.05, 0) is 30.3 Å². The van der Waals surface area contributed by atoms with Gasteiger partial charge in [-0.25, -0.2) is 0 Å². The van der Waals surface area contributed by atoms with Crippen molar-refractivity contribution in [2.75, 3.05) is 30.3 Å². The number of halogens is 5. The van der Waals surface area contributed by atoms with Crippen molar-refractivity contribution in [3.63, 3.8) is 0 Å². The zero-order valence-electron chi connectivity index (χ0n) is 15.0. The first kappa shape index (κ1) is 23.8. The van der Waals surface area contributed by atoms with Gasteiger partial charge in [0.2, 0.25) is 5.91 Å². The Morgan fingerprint density at radius 2 is 1.93 bits per heavy atom. The Balaban J connectivity index is 0.00000300. The molecule has 0 saturated heterocycles. The molecule has 0 radical (unpaired) electrons. The number of carbonyl (C=O) groups excluding carboxylic acids is 1. The molecule has 2 aromatic carbocycles. The fourth-order valence-corrected chi connectivity index (χ4v) is 4.28. The lowest BCUT2D eigenvalue weighted by Gasteiger charge is -2.25. The van der Waals surface area contributed by atoms with Crippen LogP contribution in [-0.4, -0.2) is 25.5 Å². The maximum Gasteiger partial charge on any atom is 0.416 e. The van der Waals surface area contributed by atoms with Crippen molar-refractivity contribution < 1.29 is 18.0 Å². The van der Waals surface area contributed by atoms with Crippen LogP contribution in [0.4, 0.5) is 30.2 Å². The summed E-state index contributed by atoms with van der Waals surface area (Å²) < 4.78 is 40.9. The number of nitrogens with two attached hydrogens (primary N) is 1. The molecule has 0 bridgehead atoms. The highest BCUT2D eigenvalue weighted by atomic mass is 79.9. The summed E-state index contributed by atoms with van der Waals surface area (Å²) in [5, 5.41) is 8.73. The largest absolute Gasteiger partial charge is 0.416 e. The SMILES string of the molecule is Cl.NCCNCCC(=O)Nc1cc(C(F)(F)F)cc2c1Nc1ccc(Br)cc1S2. The van der Waals surface area contributed by atoms with E-state index in [2.05, 4.69) is 31.9 Å². The minimum Gasteiger partial charge on any atom is -0.352 e. The second-order valence-corrected chi connectivity index (χ2v) is 8.10. The van der Waals surface area contributed by atoms with E-state index in [0.717, 1.165) is 27.2 Å². The van der Waals surface area contributed by atoms with Crippen molar-refractivity contribution in [3.05, 3.63) is 40.4 Å². The molecule has 0 unspecified atom stereocenters. The normalized spacial score (nSPS) is 12.3. The summed E-state index contributed by atoms with van der Waals surface area (Å²) in [6, 6.07) is 7.55. The average molecular weight is 512 g/mol. The summed E-state index contributed by atoms with van der Waals surface area (Å²) >= 11 is 4.59. The Labute approximate surface area is 184 Å². The number of benzene rings is 2. The van der Waals surface area contributed by atoms with Crippen molar-refractivity contribution in [2.45, 2.75) is 22.4 Å². The molecule has 2 aromatic rings. The molecule has 0 aliphatic carbocycles. The predicted molar refractivity (Wildman–Crippen MR) is 115 cm³/mol. The minimum atomic E-state index is -4.52. The Hall–Kier alpha value is -1.46. The van der Waals surface area contributed by atoms with Gasteiger partial charge in [-0.3, -0.25) is 4.79 Å². The van der Waals surface area contributed by atoms with E-state index in [-0.39, 0.29) is 30.4 Å². The number of anilines is 3. The highest BCUT2D eigenvalue weighted by molar-refractivity contribution is 9.10. The van der Waals surface area contributed by atoms with Crippen LogP contribution in [0.5, 0.6) is 0 Å². The molecule has 1 amide bonds. The van der Waals surface area contributed by atoms with Gasteiger partial charge in [0.25, 0.3) is 0 Å². The van der Waals surface area contributed by atoms with Gasteiger partial charge in [0, 0.05) is 40.3 Å². The number of hydrogen-bond acceptors (Lipinski definition) is 5. The van der Waals surface area contributed by atoms with Crippen molar-refractivity contribution >= 4 is 63.1 Å². The highest BCUT2D eigenvalue weighted by Crippen LogP contribution is 2.50. The van der Waals surface area contributed by atoms with Crippen LogP contribution in [0.1, 0.15) is 12.0 Å². The number of carbonyl (C=O) groups is 1. The molecule has 11 heteroatoms. The second-order valence-electron chi connectivity index (χ2n) is 6.10. The van der Waals surface area contributed by atoms with E-state index >= 15 is 0 Å². The zero-order chi connectivity index (χ0) is 20.3. The first-order chi connectivity index (χ1) is 13.3. The van der Waals surface area contributed by atoms with Crippen LogP contribution in [0.3, 0.4) is 0 Å². The van der Waals surface area contributed by atoms with Crippen LogP contribution in [0.2, 0.25) is 0 Å². The van der Waals surface area contributed by atoms with Gasteiger partial charge < -0.3 is 21.7 Å². The van der Waals surface area contributed by atoms with E-state index in [0.29, 0.717) is 30.2 Å². The van der Waals surface area contributed by atoms with Gasteiger partial charge in [-0.15, -0.1) is 12.4 Å². The van der Waals surface area contributed by atoms with Crippen LogP contribution in [0.15, 0.2) is 44.6 Å². The summed E-state index contributed by atoms with van der Waals surface area (Å²) in [5.74, 6) is -0.376. The molecular formula is C18H19BrClF3N4OS. The Kier molecular flexibility index (Phi) is 8.24. The lowest BCUT2D eigenvalue weighted by Crippen LogP contribution is -2.26. The standard InChI is InChI=1S/C18H18BrF3N4OS.ClH/c19-11-1-2-12-14(9-11)28-15-8-10(18(20,21)22)7-13(17(15)26-12)25-16(27)3-5-24-6-4-23;/h1-2,7-9,24,26H,3-6,23H2,(H,25,27);1H. The number of hydrogen-bond donors (Lipinski definition) is 4. The van der Waals surface area contributed by atoms with Gasteiger partial charge >= 0.3 is 6.18 Å². The van der Waals surface area contributed by atoms with Crippen molar-refractivity contribution in [1.29, 1.82) is 0 Å². The number of amides is 1. The summed E-state index contributed by atoms with van der Waals surface area (Å²) in [6.07, 6.45) is -4.39. The molecule has 0 fully saturated rings. The third-order valence-corrected chi connectivity index (χ3v) is 5.57. The van der Waals surface area contributed by atoms with E-state index in [9.17, 15) is 18.0 Å². The molecule has 0 aromatic heterocycles. The number of fused-ring (bicyclic) bond motifs is 2. The monoisotopic (exact) mass is 510 g/mol. The van der Waals surface area contributed by atoms with E-state index in [1.165, 1.54) is 11.8 Å². The molecule has 29 heavy (non-hydrogen) atoms. The second kappa shape index (κ2) is 10.0.